The number of anilines is 1. The van der Waals surface area contributed by atoms with Gasteiger partial charge in [-0.2, -0.15) is 5.10 Å². The van der Waals surface area contributed by atoms with E-state index in [1.54, 1.807) is 18.3 Å². The molecule has 6 heteroatoms. The van der Waals surface area contributed by atoms with Crippen LogP contribution in [-0.4, -0.2) is 15.7 Å². The van der Waals surface area contributed by atoms with Gasteiger partial charge in [0.1, 0.15) is 5.82 Å². The zero-order valence-electron chi connectivity index (χ0n) is 11.4. The van der Waals surface area contributed by atoms with E-state index in [2.05, 4.69) is 26.3 Å². The summed E-state index contributed by atoms with van der Waals surface area (Å²) in [6, 6.07) is 7.43. The lowest BCUT2D eigenvalue weighted by molar-refractivity contribution is 0.102. The van der Waals surface area contributed by atoms with Crippen molar-refractivity contribution in [2.75, 3.05) is 5.32 Å². The van der Waals surface area contributed by atoms with Crippen molar-refractivity contribution in [3.8, 4) is 0 Å². The molecule has 1 N–H and O–H groups in total. The van der Waals surface area contributed by atoms with Crippen molar-refractivity contribution in [3.05, 3.63) is 45.5 Å². The largest absolute Gasteiger partial charge is 0.307 e. The van der Waals surface area contributed by atoms with Crippen LogP contribution >= 0.6 is 27.5 Å². The number of benzene rings is 1. The normalized spacial score (nSPS) is 15.3. The maximum atomic E-state index is 12.4. The first-order valence-electron chi connectivity index (χ1n) is 6.95. The van der Waals surface area contributed by atoms with Crippen LogP contribution in [0.2, 0.25) is 5.02 Å². The van der Waals surface area contributed by atoms with Crippen molar-refractivity contribution >= 4 is 39.3 Å². The van der Waals surface area contributed by atoms with Crippen LogP contribution in [0, 0.1) is 0 Å². The molecule has 4 nitrogen and oxygen atoms in total. The highest BCUT2D eigenvalue weighted by atomic mass is 79.9. The number of nitrogens with zero attached hydrogens (tertiary/aromatic N) is 2. The summed E-state index contributed by atoms with van der Waals surface area (Å²) in [5, 5.41) is 7.69. The van der Waals surface area contributed by atoms with E-state index >= 15 is 0 Å². The number of carbonyl (C=O) groups is 1. The molecule has 3 rings (SSSR count). The summed E-state index contributed by atoms with van der Waals surface area (Å²) in [7, 11) is 0. The fraction of sp³-hybridized carbons (Fsp3) is 0.333. The average Bonchev–Trinajstić information content (AvgIpc) is 3.11. The molecule has 0 atom stereocenters. The number of halogens is 2. The van der Waals surface area contributed by atoms with Crippen LogP contribution in [0.15, 0.2) is 34.9 Å². The van der Waals surface area contributed by atoms with Gasteiger partial charge in [0.25, 0.3) is 5.91 Å². The third kappa shape index (κ3) is 3.14. The summed E-state index contributed by atoms with van der Waals surface area (Å²) in [5.74, 6) is 0.504. The lowest BCUT2D eigenvalue weighted by Gasteiger charge is -2.15. The van der Waals surface area contributed by atoms with Crippen molar-refractivity contribution in [2.45, 2.75) is 31.7 Å². The highest BCUT2D eigenvalue weighted by Gasteiger charge is 2.21. The molecule has 1 fully saturated rings. The Morgan fingerprint density at radius 2 is 2.10 bits per heavy atom. The Morgan fingerprint density at radius 1 is 1.33 bits per heavy atom. The Kier molecular flexibility index (Phi) is 4.31. The number of nitrogens with one attached hydrogen (secondary N) is 1. The number of aromatic nitrogens is 2. The van der Waals surface area contributed by atoms with Crippen LogP contribution in [0.25, 0.3) is 0 Å². The van der Waals surface area contributed by atoms with Crippen molar-refractivity contribution in [1.29, 1.82) is 0 Å². The van der Waals surface area contributed by atoms with Gasteiger partial charge in [0.15, 0.2) is 0 Å². The molecule has 0 radical (unpaired) electrons. The van der Waals surface area contributed by atoms with Gasteiger partial charge < -0.3 is 5.32 Å². The predicted molar refractivity (Wildman–Crippen MR) is 86.8 cm³/mol. The number of rotatable bonds is 3. The van der Waals surface area contributed by atoms with Gasteiger partial charge in [-0.05, 0) is 31.0 Å². The molecule has 1 amide bonds. The molecular weight excluding hydrogens is 354 g/mol. The SMILES string of the molecule is O=C(Nc1ccnn1C1CCCC1)c1cc(Br)ccc1Cl. The van der Waals surface area contributed by atoms with Crippen molar-refractivity contribution < 1.29 is 4.79 Å². The fourth-order valence-corrected chi connectivity index (χ4v) is 3.27. The predicted octanol–water partition coefficient (Wildman–Crippen LogP) is 4.67. The van der Waals surface area contributed by atoms with E-state index in [1.807, 2.05) is 16.8 Å². The zero-order chi connectivity index (χ0) is 14.8. The first-order valence-corrected chi connectivity index (χ1v) is 8.12. The summed E-state index contributed by atoms with van der Waals surface area (Å²) in [5.41, 5.74) is 0.449. The Morgan fingerprint density at radius 3 is 2.86 bits per heavy atom. The second-order valence-corrected chi connectivity index (χ2v) is 6.50. The summed E-state index contributed by atoms with van der Waals surface area (Å²) in [6.07, 6.45) is 6.38. The summed E-state index contributed by atoms with van der Waals surface area (Å²) in [4.78, 5) is 12.4. The van der Waals surface area contributed by atoms with Crippen LogP contribution in [-0.2, 0) is 0 Å². The molecule has 0 saturated heterocycles. The Balaban J connectivity index is 1.82. The smallest absolute Gasteiger partial charge is 0.258 e. The molecule has 2 aromatic rings. The maximum Gasteiger partial charge on any atom is 0.258 e. The molecule has 1 heterocycles. The van der Waals surface area contributed by atoms with Crippen molar-refractivity contribution in [2.24, 2.45) is 0 Å². The van der Waals surface area contributed by atoms with Gasteiger partial charge in [0, 0.05) is 10.5 Å². The van der Waals surface area contributed by atoms with Gasteiger partial charge in [-0.3, -0.25) is 4.79 Å². The van der Waals surface area contributed by atoms with Crippen molar-refractivity contribution in [1.82, 2.24) is 9.78 Å². The first kappa shape index (κ1) is 14.6. The molecule has 0 aliphatic heterocycles. The molecule has 0 unspecified atom stereocenters. The number of hydrogen-bond donors (Lipinski definition) is 1. The summed E-state index contributed by atoms with van der Waals surface area (Å²) < 4.78 is 2.73. The van der Waals surface area contributed by atoms with E-state index in [4.69, 9.17) is 11.6 Å². The lowest BCUT2D eigenvalue weighted by atomic mass is 10.2. The highest BCUT2D eigenvalue weighted by Crippen LogP contribution is 2.31. The Bertz CT molecular complexity index is 665. The molecule has 21 heavy (non-hydrogen) atoms. The van der Waals surface area contributed by atoms with E-state index < -0.39 is 0 Å². The standard InChI is InChI=1S/C15H15BrClN3O/c16-10-5-6-13(17)12(9-10)15(21)19-14-7-8-18-20(14)11-3-1-2-4-11/h5-9,11H,1-4H2,(H,19,21). The van der Waals surface area contributed by atoms with Gasteiger partial charge in [-0.15, -0.1) is 0 Å². The van der Waals surface area contributed by atoms with Gasteiger partial charge in [0.2, 0.25) is 0 Å². The third-order valence-electron chi connectivity index (χ3n) is 3.76. The third-order valence-corrected chi connectivity index (χ3v) is 4.58. The molecule has 110 valence electrons. The lowest BCUT2D eigenvalue weighted by Crippen LogP contribution is -2.18. The monoisotopic (exact) mass is 367 g/mol. The number of hydrogen-bond acceptors (Lipinski definition) is 2. The van der Waals surface area contributed by atoms with E-state index in [0.29, 0.717) is 16.6 Å². The van der Waals surface area contributed by atoms with Crippen LogP contribution < -0.4 is 5.32 Å². The van der Waals surface area contributed by atoms with E-state index in [0.717, 1.165) is 23.1 Å². The second kappa shape index (κ2) is 6.20. The molecule has 0 spiro atoms. The molecule has 1 aromatic heterocycles. The van der Waals surface area contributed by atoms with Crippen LogP contribution in [0.5, 0.6) is 0 Å². The topological polar surface area (TPSA) is 46.9 Å². The molecule has 1 aliphatic rings. The molecule has 1 saturated carbocycles. The average molecular weight is 369 g/mol. The van der Waals surface area contributed by atoms with E-state index in [1.165, 1.54) is 12.8 Å². The van der Waals surface area contributed by atoms with E-state index in [-0.39, 0.29) is 5.91 Å². The highest BCUT2D eigenvalue weighted by molar-refractivity contribution is 9.10. The van der Waals surface area contributed by atoms with Gasteiger partial charge in [0.05, 0.1) is 22.8 Å². The Hall–Kier alpha value is -1.33. The van der Waals surface area contributed by atoms with Crippen molar-refractivity contribution in [3.63, 3.8) is 0 Å². The van der Waals surface area contributed by atoms with Gasteiger partial charge in [-0.1, -0.05) is 40.4 Å². The van der Waals surface area contributed by atoms with Gasteiger partial charge in [-0.25, -0.2) is 4.68 Å². The Labute approximate surface area is 136 Å². The quantitative estimate of drug-likeness (QED) is 0.856. The molecular formula is C15H15BrClN3O. The van der Waals surface area contributed by atoms with Crippen LogP contribution in [0.4, 0.5) is 5.82 Å². The zero-order valence-corrected chi connectivity index (χ0v) is 13.7. The molecule has 1 aromatic carbocycles. The molecule has 0 bridgehead atoms. The first-order chi connectivity index (χ1) is 10.1. The number of carbonyl (C=O) groups excluding carboxylic acids is 1. The van der Waals surface area contributed by atoms with Crippen LogP contribution in [0.1, 0.15) is 42.1 Å². The summed E-state index contributed by atoms with van der Waals surface area (Å²) in [6.45, 7) is 0. The minimum atomic E-state index is -0.221. The fourth-order valence-electron chi connectivity index (χ4n) is 2.71. The van der Waals surface area contributed by atoms with Gasteiger partial charge >= 0.3 is 0 Å². The summed E-state index contributed by atoms with van der Waals surface area (Å²) >= 11 is 9.45. The number of amides is 1. The minimum absolute atomic E-state index is 0.221. The second-order valence-electron chi connectivity index (χ2n) is 5.18. The maximum absolute atomic E-state index is 12.4. The molecule has 1 aliphatic carbocycles. The minimum Gasteiger partial charge on any atom is -0.307 e. The van der Waals surface area contributed by atoms with E-state index in [9.17, 15) is 4.79 Å². The van der Waals surface area contributed by atoms with Crippen LogP contribution in [0.3, 0.4) is 0 Å².